The molecule has 0 saturated heterocycles. The highest BCUT2D eigenvalue weighted by Gasteiger charge is 2.08. The number of imidazole rings is 1. The molecular weight excluding hydrogens is 268 g/mol. The summed E-state index contributed by atoms with van der Waals surface area (Å²) < 4.78 is 21.4. The Labute approximate surface area is 110 Å². The average Bonchev–Trinajstić information content (AvgIpc) is 2.80. The number of hydrogen-bond donors (Lipinski definition) is 3. The molecule has 102 valence electrons. The third-order valence-corrected chi connectivity index (χ3v) is 3.43. The van der Waals surface area contributed by atoms with Gasteiger partial charge >= 0.3 is 0 Å². The first-order valence-electron chi connectivity index (χ1n) is 5.67. The number of aromatic amines is 1. The standard InChI is InChI=1S/C11H14N4O3S/c12-19(17,18)5-1-4-13-11(16)8-2-3-9-10(6-8)15-7-14-9/h2-3,6-7H,1,4-5H2,(H,13,16)(H,14,15)(H2,12,17,18). The zero-order valence-corrected chi connectivity index (χ0v) is 10.9. The number of aromatic nitrogens is 2. The van der Waals surface area contributed by atoms with Gasteiger partial charge in [-0.15, -0.1) is 0 Å². The molecule has 0 fully saturated rings. The Morgan fingerprint density at radius 2 is 2.21 bits per heavy atom. The summed E-state index contributed by atoms with van der Waals surface area (Å²) in [5.74, 6) is -0.404. The summed E-state index contributed by atoms with van der Waals surface area (Å²) in [5, 5.41) is 7.50. The minimum absolute atomic E-state index is 0.146. The Morgan fingerprint density at radius 1 is 1.42 bits per heavy atom. The van der Waals surface area contributed by atoms with Gasteiger partial charge < -0.3 is 10.3 Å². The SMILES string of the molecule is NS(=O)(=O)CCCNC(=O)c1ccc2nc[nH]c2c1. The first kappa shape index (κ1) is 13.5. The number of nitrogens with one attached hydrogen (secondary N) is 2. The molecule has 19 heavy (non-hydrogen) atoms. The summed E-state index contributed by atoms with van der Waals surface area (Å²) in [4.78, 5) is 18.8. The predicted octanol–water partition coefficient (Wildman–Crippen LogP) is -0.0287. The summed E-state index contributed by atoms with van der Waals surface area (Å²) in [6, 6.07) is 5.10. The topological polar surface area (TPSA) is 118 Å². The maximum absolute atomic E-state index is 11.8. The van der Waals surface area contributed by atoms with Crippen molar-refractivity contribution < 1.29 is 13.2 Å². The van der Waals surface area contributed by atoms with Crippen LogP contribution >= 0.6 is 0 Å². The summed E-state index contributed by atoms with van der Waals surface area (Å²) >= 11 is 0. The summed E-state index contributed by atoms with van der Waals surface area (Å²) in [7, 11) is -3.47. The molecule has 0 aliphatic rings. The number of fused-ring (bicyclic) bond motifs is 1. The van der Waals surface area contributed by atoms with E-state index in [1.54, 1.807) is 24.5 Å². The van der Waals surface area contributed by atoms with E-state index in [1.807, 2.05) is 0 Å². The third kappa shape index (κ3) is 3.76. The number of carbonyl (C=O) groups excluding carboxylic acids is 1. The van der Waals surface area contributed by atoms with E-state index < -0.39 is 10.0 Å². The van der Waals surface area contributed by atoms with Gasteiger partial charge in [0.1, 0.15) is 0 Å². The van der Waals surface area contributed by atoms with Crippen LogP contribution in [0.15, 0.2) is 24.5 Å². The van der Waals surface area contributed by atoms with Crippen LogP contribution in [-0.4, -0.2) is 36.6 Å². The molecule has 0 atom stereocenters. The second-order valence-corrected chi connectivity index (χ2v) is 5.84. The first-order chi connectivity index (χ1) is 8.96. The first-order valence-corrected chi connectivity index (χ1v) is 7.39. The van der Waals surface area contributed by atoms with Crippen LogP contribution in [0.5, 0.6) is 0 Å². The molecule has 0 bridgehead atoms. The fourth-order valence-electron chi connectivity index (χ4n) is 1.65. The molecule has 2 aromatic rings. The van der Waals surface area contributed by atoms with Gasteiger partial charge in [-0.3, -0.25) is 4.79 Å². The number of sulfonamides is 1. The number of primary sulfonamides is 1. The van der Waals surface area contributed by atoms with E-state index in [0.29, 0.717) is 5.56 Å². The number of hydrogen-bond acceptors (Lipinski definition) is 4. The van der Waals surface area contributed by atoms with Crippen LogP contribution in [0.4, 0.5) is 0 Å². The molecule has 8 heteroatoms. The lowest BCUT2D eigenvalue weighted by Crippen LogP contribution is -2.27. The van der Waals surface area contributed by atoms with Crippen molar-refractivity contribution in [1.82, 2.24) is 15.3 Å². The molecule has 1 aromatic carbocycles. The second kappa shape index (κ2) is 5.37. The van der Waals surface area contributed by atoms with Crippen LogP contribution in [0.2, 0.25) is 0 Å². The largest absolute Gasteiger partial charge is 0.352 e. The van der Waals surface area contributed by atoms with Crippen LogP contribution in [0.25, 0.3) is 11.0 Å². The van der Waals surface area contributed by atoms with E-state index >= 15 is 0 Å². The van der Waals surface area contributed by atoms with Gasteiger partial charge in [0.15, 0.2) is 0 Å². The number of carbonyl (C=O) groups is 1. The lowest BCUT2D eigenvalue weighted by atomic mass is 10.2. The van der Waals surface area contributed by atoms with E-state index in [0.717, 1.165) is 11.0 Å². The lowest BCUT2D eigenvalue weighted by Gasteiger charge is -2.04. The Bertz CT molecular complexity index is 693. The van der Waals surface area contributed by atoms with Crippen molar-refractivity contribution in [3.63, 3.8) is 0 Å². The number of nitrogens with zero attached hydrogens (tertiary/aromatic N) is 1. The van der Waals surface area contributed by atoms with E-state index in [1.165, 1.54) is 0 Å². The summed E-state index contributed by atoms with van der Waals surface area (Å²) in [6.45, 7) is 0.260. The van der Waals surface area contributed by atoms with Gasteiger partial charge in [0.2, 0.25) is 10.0 Å². The van der Waals surface area contributed by atoms with E-state index in [-0.39, 0.29) is 24.6 Å². The predicted molar refractivity (Wildman–Crippen MR) is 71.0 cm³/mol. The molecule has 1 amide bonds. The molecule has 0 aliphatic carbocycles. The zero-order chi connectivity index (χ0) is 13.9. The van der Waals surface area contributed by atoms with Crippen molar-refractivity contribution >= 4 is 27.0 Å². The van der Waals surface area contributed by atoms with E-state index in [9.17, 15) is 13.2 Å². The highest BCUT2D eigenvalue weighted by Crippen LogP contribution is 2.11. The van der Waals surface area contributed by atoms with Gasteiger partial charge in [-0.1, -0.05) is 0 Å². The number of amides is 1. The quantitative estimate of drug-likeness (QED) is 0.667. The van der Waals surface area contributed by atoms with Crippen LogP contribution in [-0.2, 0) is 10.0 Å². The van der Waals surface area contributed by atoms with Crippen molar-refractivity contribution in [2.75, 3.05) is 12.3 Å². The van der Waals surface area contributed by atoms with Gasteiger partial charge in [0, 0.05) is 12.1 Å². The summed E-state index contributed by atoms with van der Waals surface area (Å²) in [5.41, 5.74) is 2.05. The van der Waals surface area contributed by atoms with Gasteiger partial charge in [-0.25, -0.2) is 18.5 Å². The molecule has 7 nitrogen and oxygen atoms in total. The van der Waals surface area contributed by atoms with E-state index in [2.05, 4.69) is 15.3 Å². The number of nitrogens with two attached hydrogens (primary N) is 1. The van der Waals surface area contributed by atoms with Gasteiger partial charge in [-0.2, -0.15) is 0 Å². The number of benzene rings is 1. The smallest absolute Gasteiger partial charge is 0.251 e. The van der Waals surface area contributed by atoms with Crippen molar-refractivity contribution in [2.45, 2.75) is 6.42 Å². The monoisotopic (exact) mass is 282 g/mol. The minimum atomic E-state index is -3.47. The van der Waals surface area contributed by atoms with Crippen molar-refractivity contribution in [3.05, 3.63) is 30.1 Å². The highest BCUT2D eigenvalue weighted by molar-refractivity contribution is 7.89. The molecule has 1 heterocycles. The minimum Gasteiger partial charge on any atom is -0.352 e. The molecule has 0 unspecified atom stereocenters. The maximum atomic E-state index is 11.8. The maximum Gasteiger partial charge on any atom is 0.251 e. The summed E-state index contributed by atoms with van der Waals surface area (Å²) in [6.07, 6.45) is 1.84. The highest BCUT2D eigenvalue weighted by atomic mass is 32.2. The molecule has 0 spiro atoms. The molecular formula is C11H14N4O3S. The number of rotatable bonds is 5. The number of H-pyrrole nitrogens is 1. The fraction of sp³-hybridized carbons (Fsp3) is 0.273. The van der Waals surface area contributed by atoms with Crippen LogP contribution in [0, 0.1) is 0 Å². The van der Waals surface area contributed by atoms with Gasteiger partial charge in [0.05, 0.1) is 23.1 Å². The lowest BCUT2D eigenvalue weighted by molar-refractivity contribution is 0.0954. The van der Waals surface area contributed by atoms with Crippen molar-refractivity contribution in [2.24, 2.45) is 5.14 Å². The Hall–Kier alpha value is -1.93. The van der Waals surface area contributed by atoms with Crippen LogP contribution in [0.1, 0.15) is 16.8 Å². The average molecular weight is 282 g/mol. The molecule has 2 rings (SSSR count). The zero-order valence-electron chi connectivity index (χ0n) is 10.1. The molecule has 4 N–H and O–H groups in total. The van der Waals surface area contributed by atoms with Gasteiger partial charge in [0.25, 0.3) is 5.91 Å². The fourth-order valence-corrected chi connectivity index (χ4v) is 2.20. The second-order valence-electron chi connectivity index (χ2n) is 4.11. The molecule has 0 saturated carbocycles. The van der Waals surface area contributed by atoms with Gasteiger partial charge in [-0.05, 0) is 24.6 Å². The molecule has 1 aromatic heterocycles. The molecule has 0 radical (unpaired) electrons. The van der Waals surface area contributed by atoms with Crippen LogP contribution < -0.4 is 10.5 Å². The normalized spacial score (nSPS) is 11.6. The van der Waals surface area contributed by atoms with E-state index in [4.69, 9.17) is 5.14 Å². The van der Waals surface area contributed by atoms with Crippen LogP contribution in [0.3, 0.4) is 0 Å². The van der Waals surface area contributed by atoms with Crippen molar-refractivity contribution in [1.29, 1.82) is 0 Å². The Morgan fingerprint density at radius 3 is 2.95 bits per heavy atom. The van der Waals surface area contributed by atoms with Crippen molar-refractivity contribution in [3.8, 4) is 0 Å². The Balaban J connectivity index is 1.92. The Kier molecular flexibility index (Phi) is 3.82. The third-order valence-electron chi connectivity index (χ3n) is 2.57. The molecule has 0 aliphatic heterocycles.